The summed E-state index contributed by atoms with van der Waals surface area (Å²) in [7, 11) is 0. The van der Waals surface area contributed by atoms with Gasteiger partial charge in [-0.2, -0.15) is 0 Å². The van der Waals surface area contributed by atoms with Crippen molar-refractivity contribution in [3.8, 4) is 16.9 Å². The van der Waals surface area contributed by atoms with Crippen molar-refractivity contribution in [3.05, 3.63) is 54.1 Å². The molecule has 0 saturated heterocycles. The van der Waals surface area contributed by atoms with Gasteiger partial charge in [0.1, 0.15) is 11.8 Å². The van der Waals surface area contributed by atoms with E-state index in [1.165, 1.54) is 0 Å². The number of phenolic OH excluding ortho intramolecular Hbond substituents is 1. The fraction of sp³-hybridized carbons (Fsp3) is 0.400. The number of primary amides is 1. The second kappa shape index (κ2) is 11.9. The van der Waals surface area contributed by atoms with Crippen LogP contribution in [0.1, 0.15) is 45.1 Å². The smallest absolute Gasteiger partial charge is 0.304 e. The lowest BCUT2D eigenvalue weighted by atomic mass is 9.94. The zero-order chi connectivity index (χ0) is 23.7. The summed E-state index contributed by atoms with van der Waals surface area (Å²) >= 11 is 0. The van der Waals surface area contributed by atoms with Crippen molar-refractivity contribution >= 4 is 17.8 Å². The van der Waals surface area contributed by atoms with Crippen molar-refractivity contribution in [1.82, 2.24) is 5.32 Å². The zero-order valence-corrected chi connectivity index (χ0v) is 18.6. The number of phenols is 1. The lowest BCUT2D eigenvalue weighted by Crippen LogP contribution is -2.47. The van der Waals surface area contributed by atoms with Gasteiger partial charge < -0.3 is 21.3 Å². The molecule has 0 bridgehead atoms. The number of carboxylic acids is 1. The van der Waals surface area contributed by atoms with E-state index in [-0.39, 0.29) is 18.1 Å². The highest BCUT2D eigenvalue weighted by Gasteiger charge is 2.26. The van der Waals surface area contributed by atoms with Crippen LogP contribution in [-0.4, -0.2) is 34.0 Å². The standard InChI is InChI=1S/C25H32N2O5/c1-16(2)14-22(24(26)31)27-25(32)20(15-23(29)30)5-3-4-17-6-8-18(9-7-17)19-10-12-21(28)13-11-19/h6-13,16,20,22,28H,3-5,14-15H2,1-2H3,(H2,26,31)(H,27,32)(H,29,30). The van der Waals surface area contributed by atoms with E-state index in [1.54, 1.807) is 12.1 Å². The first-order valence-corrected chi connectivity index (χ1v) is 10.9. The molecule has 2 aromatic rings. The summed E-state index contributed by atoms with van der Waals surface area (Å²) in [5.41, 5.74) is 8.50. The molecule has 0 fully saturated rings. The highest BCUT2D eigenvalue weighted by atomic mass is 16.4. The number of carbonyl (C=O) groups excluding carboxylic acids is 2. The Morgan fingerprint density at radius 1 is 0.969 bits per heavy atom. The van der Waals surface area contributed by atoms with Gasteiger partial charge in [-0.3, -0.25) is 14.4 Å². The first-order chi connectivity index (χ1) is 15.2. The summed E-state index contributed by atoms with van der Waals surface area (Å²) in [5.74, 6) is -2.46. The van der Waals surface area contributed by atoms with Crippen LogP contribution in [0.25, 0.3) is 11.1 Å². The number of rotatable bonds is 12. The van der Waals surface area contributed by atoms with Crippen LogP contribution < -0.4 is 11.1 Å². The van der Waals surface area contributed by atoms with Gasteiger partial charge >= 0.3 is 5.97 Å². The Kier molecular flexibility index (Phi) is 9.25. The summed E-state index contributed by atoms with van der Waals surface area (Å²) in [6, 6.07) is 14.2. The number of aryl methyl sites for hydroxylation is 1. The Morgan fingerprint density at radius 2 is 1.53 bits per heavy atom. The minimum atomic E-state index is -1.05. The van der Waals surface area contributed by atoms with Crippen LogP contribution in [0.15, 0.2) is 48.5 Å². The predicted molar refractivity (Wildman–Crippen MR) is 123 cm³/mol. The third kappa shape index (κ3) is 8.06. The largest absolute Gasteiger partial charge is 0.508 e. The van der Waals surface area contributed by atoms with Crippen LogP contribution in [0.4, 0.5) is 0 Å². The van der Waals surface area contributed by atoms with E-state index in [0.29, 0.717) is 25.7 Å². The Bertz CT molecular complexity index is 907. The van der Waals surface area contributed by atoms with E-state index >= 15 is 0 Å². The molecule has 2 amide bonds. The maximum Gasteiger partial charge on any atom is 0.304 e. The third-order valence-electron chi connectivity index (χ3n) is 5.33. The topological polar surface area (TPSA) is 130 Å². The number of amides is 2. The number of carboxylic acid groups (broad SMARTS) is 1. The highest BCUT2D eigenvalue weighted by molar-refractivity contribution is 5.89. The van der Waals surface area contributed by atoms with Gasteiger partial charge in [-0.1, -0.05) is 50.2 Å². The first-order valence-electron chi connectivity index (χ1n) is 10.9. The maximum atomic E-state index is 12.6. The molecule has 7 nitrogen and oxygen atoms in total. The van der Waals surface area contributed by atoms with Crippen molar-refractivity contribution in [2.45, 2.75) is 52.0 Å². The second-order valence-electron chi connectivity index (χ2n) is 8.52. The Labute approximate surface area is 188 Å². The molecule has 5 N–H and O–H groups in total. The molecule has 0 heterocycles. The van der Waals surface area contributed by atoms with Gasteiger partial charge in [0.2, 0.25) is 11.8 Å². The molecule has 2 rings (SSSR count). The summed E-state index contributed by atoms with van der Waals surface area (Å²) < 4.78 is 0. The van der Waals surface area contributed by atoms with Gasteiger partial charge in [0.05, 0.1) is 6.42 Å². The summed E-state index contributed by atoms with van der Waals surface area (Å²) in [4.78, 5) is 35.5. The quantitative estimate of drug-likeness (QED) is 0.401. The van der Waals surface area contributed by atoms with Crippen LogP contribution in [0.2, 0.25) is 0 Å². The van der Waals surface area contributed by atoms with Crippen molar-refractivity contribution in [1.29, 1.82) is 0 Å². The van der Waals surface area contributed by atoms with Gasteiger partial charge in [-0.25, -0.2) is 0 Å². The number of carbonyl (C=O) groups is 3. The molecule has 0 saturated carbocycles. The number of nitrogens with one attached hydrogen (secondary N) is 1. The van der Waals surface area contributed by atoms with Crippen molar-refractivity contribution in [2.75, 3.05) is 0 Å². The van der Waals surface area contributed by atoms with E-state index in [0.717, 1.165) is 16.7 Å². The summed E-state index contributed by atoms with van der Waals surface area (Å²) in [5, 5.41) is 21.3. The Morgan fingerprint density at radius 3 is 2.03 bits per heavy atom. The maximum absolute atomic E-state index is 12.6. The van der Waals surface area contributed by atoms with Gasteiger partial charge in [0.15, 0.2) is 0 Å². The molecular formula is C25H32N2O5. The molecule has 0 spiro atoms. The molecule has 0 radical (unpaired) electrons. The van der Waals surface area contributed by atoms with Gasteiger partial charge in [-0.05, 0) is 60.4 Å². The van der Waals surface area contributed by atoms with Crippen LogP contribution in [0.5, 0.6) is 5.75 Å². The molecular weight excluding hydrogens is 408 g/mol. The SMILES string of the molecule is CC(C)CC(NC(=O)C(CCCc1ccc(-c2ccc(O)cc2)cc1)CC(=O)O)C(N)=O. The minimum Gasteiger partial charge on any atom is -0.508 e. The van der Waals surface area contributed by atoms with Crippen molar-refractivity contribution in [3.63, 3.8) is 0 Å². The number of aromatic hydroxyl groups is 1. The van der Waals surface area contributed by atoms with E-state index < -0.39 is 29.7 Å². The third-order valence-corrected chi connectivity index (χ3v) is 5.33. The molecule has 172 valence electrons. The monoisotopic (exact) mass is 440 g/mol. The number of aliphatic carboxylic acids is 1. The number of hydrogen-bond acceptors (Lipinski definition) is 4. The lowest BCUT2D eigenvalue weighted by molar-refractivity contribution is -0.141. The molecule has 2 atom stereocenters. The predicted octanol–water partition coefficient (Wildman–Crippen LogP) is 3.49. The number of benzene rings is 2. The van der Waals surface area contributed by atoms with Crippen molar-refractivity contribution < 1.29 is 24.6 Å². The summed E-state index contributed by atoms with van der Waals surface area (Å²) in [6.07, 6.45) is 1.85. The highest BCUT2D eigenvalue weighted by Crippen LogP contribution is 2.23. The molecule has 2 unspecified atom stereocenters. The van der Waals surface area contributed by atoms with Crippen LogP contribution in [0.3, 0.4) is 0 Å². The normalized spacial score (nSPS) is 12.8. The number of hydrogen-bond donors (Lipinski definition) is 4. The van der Waals surface area contributed by atoms with E-state index in [1.807, 2.05) is 50.2 Å². The van der Waals surface area contributed by atoms with E-state index in [2.05, 4.69) is 5.32 Å². The minimum absolute atomic E-state index is 0.162. The molecule has 0 aliphatic carbocycles. The van der Waals surface area contributed by atoms with Crippen LogP contribution in [-0.2, 0) is 20.8 Å². The van der Waals surface area contributed by atoms with Crippen molar-refractivity contribution in [2.24, 2.45) is 17.6 Å². The average molecular weight is 441 g/mol. The average Bonchev–Trinajstić information content (AvgIpc) is 2.73. The van der Waals surface area contributed by atoms with Gasteiger partial charge in [0, 0.05) is 5.92 Å². The fourth-order valence-electron chi connectivity index (χ4n) is 3.61. The Hall–Kier alpha value is -3.35. The van der Waals surface area contributed by atoms with E-state index in [4.69, 9.17) is 5.73 Å². The molecule has 0 aliphatic rings. The molecule has 7 heteroatoms. The zero-order valence-electron chi connectivity index (χ0n) is 18.6. The van der Waals surface area contributed by atoms with Gasteiger partial charge in [-0.15, -0.1) is 0 Å². The Balaban J connectivity index is 1.95. The molecule has 0 aromatic heterocycles. The van der Waals surface area contributed by atoms with Crippen LogP contribution in [0, 0.1) is 11.8 Å². The van der Waals surface area contributed by atoms with Gasteiger partial charge in [0.25, 0.3) is 0 Å². The van der Waals surface area contributed by atoms with Crippen LogP contribution >= 0.6 is 0 Å². The van der Waals surface area contributed by atoms with E-state index in [9.17, 15) is 24.6 Å². The summed E-state index contributed by atoms with van der Waals surface area (Å²) in [6.45, 7) is 3.84. The lowest BCUT2D eigenvalue weighted by Gasteiger charge is -2.21. The number of nitrogens with two attached hydrogens (primary N) is 1. The first kappa shape index (κ1) is 24.9. The fourth-order valence-corrected chi connectivity index (χ4v) is 3.61. The molecule has 0 aliphatic heterocycles. The second-order valence-corrected chi connectivity index (χ2v) is 8.52. The molecule has 32 heavy (non-hydrogen) atoms. The molecule has 2 aromatic carbocycles.